The van der Waals surface area contributed by atoms with E-state index in [1.54, 1.807) is 6.08 Å². The number of ether oxygens (including phenoxy) is 1. The number of rotatable bonds is 8. The Hall–Kier alpha value is -3.78. The van der Waals surface area contributed by atoms with Crippen molar-refractivity contribution in [3.63, 3.8) is 0 Å². The fourth-order valence-corrected chi connectivity index (χ4v) is 3.54. The average molecular weight is 414 g/mol. The molecule has 1 N–H and O–H groups in total. The molecule has 0 fully saturated rings. The zero-order valence-electron chi connectivity index (χ0n) is 18.2. The number of carbonyl (C=O) groups excluding carboxylic acids is 1. The Morgan fingerprint density at radius 3 is 2.39 bits per heavy atom. The van der Waals surface area contributed by atoms with E-state index in [1.165, 1.54) is 0 Å². The van der Waals surface area contributed by atoms with E-state index in [0.717, 1.165) is 35.1 Å². The van der Waals surface area contributed by atoms with Gasteiger partial charge in [-0.05, 0) is 68.0 Å². The molecule has 3 aromatic carbocycles. The molecule has 0 aliphatic rings. The number of fused-ring (bicyclic) bond motifs is 1. The van der Waals surface area contributed by atoms with Gasteiger partial charge in [0, 0.05) is 30.0 Å². The van der Waals surface area contributed by atoms with Crippen LogP contribution in [0.2, 0.25) is 0 Å². The number of nitriles is 1. The van der Waals surface area contributed by atoms with Crippen LogP contribution in [0.3, 0.4) is 0 Å². The molecule has 0 aromatic heterocycles. The second kappa shape index (κ2) is 10.3. The molecule has 0 saturated carbocycles. The highest BCUT2D eigenvalue weighted by molar-refractivity contribution is 6.11. The van der Waals surface area contributed by atoms with Crippen LogP contribution in [0, 0.1) is 11.3 Å². The summed E-state index contributed by atoms with van der Waals surface area (Å²) in [5.74, 6) is 0.193. The van der Waals surface area contributed by atoms with Crippen molar-refractivity contribution in [1.82, 2.24) is 0 Å². The molecule has 0 saturated heterocycles. The number of anilines is 2. The third-order valence-electron chi connectivity index (χ3n) is 5.14. The van der Waals surface area contributed by atoms with E-state index < -0.39 is 5.91 Å². The molecule has 0 unspecified atom stereocenters. The zero-order chi connectivity index (χ0) is 22.2. The fraction of sp³-hybridized carbons (Fsp3) is 0.231. The van der Waals surface area contributed by atoms with Gasteiger partial charge in [-0.1, -0.05) is 30.3 Å². The molecular weight excluding hydrogens is 386 g/mol. The molecule has 3 aromatic rings. The zero-order valence-corrected chi connectivity index (χ0v) is 18.2. The van der Waals surface area contributed by atoms with Gasteiger partial charge in [-0.2, -0.15) is 5.26 Å². The maximum absolute atomic E-state index is 12.8. The third kappa shape index (κ3) is 5.04. The molecular formula is C26H27N3O2. The number of nitrogens with one attached hydrogen (secondary N) is 1. The molecule has 0 heterocycles. The highest BCUT2D eigenvalue weighted by atomic mass is 16.5. The summed E-state index contributed by atoms with van der Waals surface area (Å²) in [4.78, 5) is 15.1. The Balaban J connectivity index is 1.91. The van der Waals surface area contributed by atoms with Crippen LogP contribution >= 0.6 is 0 Å². The molecule has 0 bridgehead atoms. The van der Waals surface area contributed by atoms with Crippen molar-refractivity contribution in [2.75, 3.05) is 29.9 Å². The Kier molecular flexibility index (Phi) is 7.29. The van der Waals surface area contributed by atoms with E-state index in [0.29, 0.717) is 18.0 Å². The number of carbonyl (C=O) groups is 1. The summed E-state index contributed by atoms with van der Waals surface area (Å²) in [7, 11) is 0. The minimum absolute atomic E-state index is 0.0186. The highest BCUT2D eigenvalue weighted by Crippen LogP contribution is 2.30. The number of nitrogens with zero attached hydrogens (tertiary/aromatic N) is 2. The van der Waals surface area contributed by atoms with Crippen LogP contribution in [0.15, 0.2) is 66.2 Å². The average Bonchev–Trinajstić information content (AvgIpc) is 2.80. The molecule has 0 aliphatic heterocycles. The minimum atomic E-state index is -0.450. The summed E-state index contributed by atoms with van der Waals surface area (Å²) in [6.45, 7) is 8.43. The first-order chi connectivity index (χ1) is 15.1. The maximum Gasteiger partial charge on any atom is 0.266 e. The van der Waals surface area contributed by atoms with Crippen LogP contribution in [0.5, 0.6) is 5.75 Å². The van der Waals surface area contributed by atoms with Gasteiger partial charge in [-0.25, -0.2) is 0 Å². The Morgan fingerprint density at radius 2 is 1.74 bits per heavy atom. The first kappa shape index (κ1) is 21.9. The highest BCUT2D eigenvalue weighted by Gasteiger charge is 2.14. The van der Waals surface area contributed by atoms with E-state index in [2.05, 4.69) is 24.1 Å². The first-order valence-electron chi connectivity index (χ1n) is 10.5. The van der Waals surface area contributed by atoms with Crippen molar-refractivity contribution in [2.45, 2.75) is 20.8 Å². The summed E-state index contributed by atoms with van der Waals surface area (Å²) in [6, 6.07) is 21.4. The van der Waals surface area contributed by atoms with Gasteiger partial charge in [-0.3, -0.25) is 4.79 Å². The second-order valence-corrected chi connectivity index (χ2v) is 6.97. The molecule has 3 rings (SSSR count). The van der Waals surface area contributed by atoms with Crippen LogP contribution in [0.4, 0.5) is 11.4 Å². The van der Waals surface area contributed by atoms with Crippen molar-refractivity contribution in [2.24, 2.45) is 0 Å². The second-order valence-electron chi connectivity index (χ2n) is 6.97. The van der Waals surface area contributed by atoms with Gasteiger partial charge in [0.05, 0.1) is 6.61 Å². The third-order valence-corrected chi connectivity index (χ3v) is 5.14. The summed E-state index contributed by atoms with van der Waals surface area (Å²) >= 11 is 0. The van der Waals surface area contributed by atoms with Crippen LogP contribution < -0.4 is 15.0 Å². The first-order valence-corrected chi connectivity index (χ1v) is 10.5. The van der Waals surface area contributed by atoms with Crippen molar-refractivity contribution in [1.29, 1.82) is 5.26 Å². The lowest BCUT2D eigenvalue weighted by Crippen LogP contribution is -2.21. The van der Waals surface area contributed by atoms with Crippen molar-refractivity contribution < 1.29 is 9.53 Å². The van der Waals surface area contributed by atoms with Gasteiger partial charge >= 0.3 is 0 Å². The van der Waals surface area contributed by atoms with Crippen molar-refractivity contribution in [3.05, 3.63) is 71.8 Å². The van der Waals surface area contributed by atoms with Gasteiger partial charge in [0.15, 0.2) is 0 Å². The van der Waals surface area contributed by atoms with E-state index in [-0.39, 0.29) is 5.57 Å². The molecule has 31 heavy (non-hydrogen) atoms. The standard InChI is InChI=1S/C26H27N3O2/c1-4-29(5-2)22-14-12-21(13-15-22)28-26(30)20(18-27)17-24-23-10-8-7-9-19(23)11-16-25(24)31-6-3/h7-17H,4-6H2,1-3H3,(H,28,30)/b20-17-. The molecule has 0 atom stereocenters. The topological polar surface area (TPSA) is 65.4 Å². The Labute approximate surface area is 183 Å². The van der Waals surface area contributed by atoms with Crippen LogP contribution in [0.25, 0.3) is 16.8 Å². The lowest BCUT2D eigenvalue weighted by molar-refractivity contribution is -0.112. The summed E-state index contributed by atoms with van der Waals surface area (Å²) in [5, 5.41) is 14.5. The number of benzene rings is 3. The van der Waals surface area contributed by atoms with Gasteiger partial charge in [0.25, 0.3) is 5.91 Å². The quantitative estimate of drug-likeness (QED) is 0.384. The Morgan fingerprint density at radius 1 is 1.03 bits per heavy atom. The fourth-order valence-electron chi connectivity index (χ4n) is 3.54. The van der Waals surface area contributed by atoms with E-state index in [4.69, 9.17) is 4.74 Å². The largest absolute Gasteiger partial charge is 0.493 e. The summed E-state index contributed by atoms with van der Waals surface area (Å²) < 4.78 is 5.75. The molecule has 0 radical (unpaired) electrons. The van der Waals surface area contributed by atoms with E-state index in [9.17, 15) is 10.1 Å². The predicted molar refractivity (Wildman–Crippen MR) is 127 cm³/mol. The number of hydrogen-bond donors (Lipinski definition) is 1. The van der Waals surface area contributed by atoms with E-state index in [1.807, 2.05) is 73.7 Å². The lowest BCUT2D eigenvalue weighted by atomic mass is 10.0. The van der Waals surface area contributed by atoms with Gasteiger partial charge < -0.3 is 15.0 Å². The minimum Gasteiger partial charge on any atom is -0.493 e. The van der Waals surface area contributed by atoms with Gasteiger partial charge in [0.1, 0.15) is 17.4 Å². The van der Waals surface area contributed by atoms with Crippen molar-refractivity contribution in [3.8, 4) is 11.8 Å². The smallest absolute Gasteiger partial charge is 0.266 e. The summed E-state index contributed by atoms with van der Waals surface area (Å²) in [5.41, 5.74) is 2.48. The van der Waals surface area contributed by atoms with Crippen LogP contribution in [0.1, 0.15) is 26.3 Å². The molecule has 1 amide bonds. The van der Waals surface area contributed by atoms with Crippen LogP contribution in [-0.2, 0) is 4.79 Å². The molecule has 5 nitrogen and oxygen atoms in total. The Bertz CT molecular complexity index is 1120. The van der Waals surface area contributed by atoms with Gasteiger partial charge in [-0.15, -0.1) is 0 Å². The van der Waals surface area contributed by atoms with E-state index >= 15 is 0 Å². The predicted octanol–water partition coefficient (Wildman–Crippen LogP) is 5.63. The van der Waals surface area contributed by atoms with Gasteiger partial charge in [0.2, 0.25) is 0 Å². The molecule has 5 heteroatoms. The van der Waals surface area contributed by atoms with Crippen molar-refractivity contribution >= 4 is 34.1 Å². The molecule has 0 spiro atoms. The monoisotopic (exact) mass is 413 g/mol. The number of hydrogen-bond acceptors (Lipinski definition) is 4. The molecule has 0 aliphatic carbocycles. The lowest BCUT2D eigenvalue weighted by Gasteiger charge is -2.21. The summed E-state index contributed by atoms with van der Waals surface area (Å²) in [6.07, 6.45) is 1.60. The SMILES string of the molecule is CCOc1ccc2ccccc2c1/C=C(/C#N)C(=O)Nc1ccc(N(CC)CC)cc1. The molecule has 158 valence electrons. The number of amides is 1. The normalized spacial score (nSPS) is 11.1. The maximum atomic E-state index is 12.8. The van der Waals surface area contributed by atoms with Crippen LogP contribution in [-0.4, -0.2) is 25.6 Å².